The molecule has 0 saturated heterocycles. The molecule has 0 aliphatic carbocycles. The first-order valence-corrected chi connectivity index (χ1v) is 7.64. The lowest BCUT2D eigenvalue weighted by Gasteiger charge is -2.19. The summed E-state index contributed by atoms with van der Waals surface area (Å²) in [5, 5.41) is 0.875. The zero-order chi connectivity index (χ0) is 21.5. The smallest absolute Gasteiger partial charge is 0.0645 e. The van der Waals surface area contributed by atoms with Gasteiger partial charge in [0.25, 0.3) is 0 Å². The van der Waals surface area contributed by atoms with Crippen LogP contribution in [0.15, 0.2) is 36.3 Å². The van der Waals surface area contributed by atoms with Crippen molar-refractivity contribution in [3.8, 4) is 0 Å². The molecule has 0 atom stereocenters. The molecule has 0 radical (unpaired) electrons. The molecule has 0 bridgehead atoms. The van der Waals surface area contributed by atoms with Crippen molar-refractivity contribution < 1.29 is 8.22 Å². The fourth-order valence-electron chi connectivity index (χ4n) is 2.53. The average molecular weight is 299 g/mol. The summed E-state index contributed by atoms with van der Waals surface area (Å²) in [5.74, 6) is 0. The Hall–Kier alpha value is -1.76. The molecule has 1 heterocycles. The molecule has 116 valence electrons. The Morgan fingerprint density at radius 1 is 0.727 bits per heavy atom. The first kappa shape index (κ1) is 9.39. The topological polar surface area (TPSA) is 4.93 Å². The summed E-state index contributed by atoms with van der Waals surface area (Å²) in [6.45, 7) is 11.5. The molecule has 2 aromatic carbocycles. The van der Waals surface area contributed by atoms with E-state index >= 15 is 0 Å². The maximum Gasteiger partial charge on any atom is 0.0645 e. The van der Waals surface area contributed by atoms with Crippen molar-refractivity contribution in [2.75, 3.05) is 0 Å². The van der Waals surface area contributed by atoms with Gasteiger partial charge in [-0.05, 0) is 46.1 Å². The van der Waals surface area contributed by atoms with E-state index in [2.05, 4.69) is 0 Å². The van der Waals surface area contributed by atoms with E-state index in [1.54, 1.807) is 11.6 Å². The van der Waals surface area contributed by atoms with Crippen LogP contribution < -0.4 is 0 Å². The minimum atomic E-state index is -0.505. The summed E-state index contributed by atoms with van der Waals surface area (Å²) in [6.07, 6.45) is 0. The molecule has 3 aromatic rings. The van der Waals surface area contributed by atoms with Crippen LogP contribution in [-0.4, -0.2) is 4.57 Å². The van der Waals surface area contributed by atoms with E-state index in [9.17, 15) is 0 Å². The van der Waals surface area contributed by atoms with Crippen LogP contribution in [0.3, 0.4) is 0 Å². The third-order valence-corrected chi connectivity index (χ3v) is 4.01. The third kappa shape index (κ3) is 2.33. The van der Waals surface area contributed by atoms with Gasteiger partial charge in [0.1, 0.15) is 0 Å². The molecule has 0 fully saturated rings. The van der Waals surface area contributed by atoms with Crippen LogP contribution in [0.1, 0.15) is 60.9 Å². The van der Waals surface area contributed by atoms with Crippen molar-refractivity contribution in [2.24, 2.45) is 7.05 Å². The van der Waals surface area contributed by atoms with Gasteiger partial charge in [-0.2, -0.15) is 0 Å². The van der Waals surface area contributed by atoms with Crippen molar-refractivity contribution in [1.82, 2.24) is 4.57 Å². The predicted octanol–water partition coefficient (Wildman–Crippen LogP) is 5.93. The van der Waals surface area contributed by atoms with Crippen LogP contribution in [0.5, 0.6) is 0 Å². The van der Waals surface area contributed by atoms with Crippen LogP contribution in [0, 0.1) is 0 Å². The average Bonchev–Trinajstić information content (AvgIpc) is 2.82. The number of hydrogen-bond donors (Lipinski definition) is 0. The van der Waals surface area contributed by atoms with Gasteiger partial charge in [0.2, 0.25) is 0 Å². The number of aromatic nitrogens is 1. The van der Waals surface area contributed by atoms with Crippen LogP contribution in [0.2, 0.25) is 0 Å². The van der Waals surface area contributed by atoms with Crippen LogP contribution >= 0.6 is 0 Å². The molecule has 1 nitrogen and oxygen atoms in total. The Kier molecular flexibility index (Phi) is 1.97. The molecule has 0 spiro atoms. The fraction of sp³-hybridized carbons (Fsp3) is 0.429. The summed E-state index contributed by atoms with van der Waals surface area (Å²) >= 11 is 0. The van der Waals surface area contributed by atoms with Gasteiger partial charge in [0, 0.05) is 28.9 Å². The Morgan fingerprint density at radius 3 is 1.41 bits per heavy atom. The molecular formula is C21H27N. The number of aryl methyl sites for hydroxylation is 1. The minimum absolute atomic E-state index is 0.00253. The van der Waals surface area contributed by atoms with E-state index in [4.69, 9.17) is 8.22 Å². The summed E-state index contributed by atoms with van der Waals surface area (Å²) in [5.41, 5.74) is 0.686. The van der Waals surface area contributed by atoms with E-state index in [1.165, 1.54) is 0 Å². The highest BCUT2D eigenvalue weighted by Crippen LogP contribution is 2.35. The number of hydrogen-bond acceptors (Lipinski definition) is 0. The molecule has 22 heavy (non-hydrogen) atoms. The van der Waals surface area contributed by atoms with E-state index in [0.717, 1.165) is 0 Å². The molecule has 0 unspecified atom stereocenters. The molecule has 0 N–H and O–H groups in total. The minimum Gasteiger partial charge on any atom is -0.344 e. The molecule has 0 amide bonds. The normalized spacial score (nSPS) is 17.0. The lowest BCUT2D eigenvalue weighted by Crippen LogP contribution is -2.10. The standard InChI is InChI=1S/C21H27N/c1-20(2,3)14-8-10-18-16(12-14)17-13-15(21(4,5)6)9-11-19(17)22(18)7/h8-13H,1-7H3/i8D,9D,10D,11D,12D,13D. The number of nitrogens with zero attached hydrogens (tertiary/aromatic N) is 1. The lowest BCUT2D eigenvalue weighted by atomic mass is 9.85. The molecule has 0 aliphatic heterocycles. The number of rotatable bonds is 0. The Bertz CT molecular complexity index is 1050. The van der Waals surface area contributed by atoms with Gasteiger partial charge in [0.05, 0.1) is 8.22 Å². The monoisotopic (exact) mass is 299 g/mol. The van der Waals surface area contributed by atoms with Crippen LogP contribution in [-0.2, 0) is 17.9 Å². The molecule has 0 aliphatic rings. The number of fused-ring (bicyclic) bond motifs is 3. The van der Waals surface area contributed by atoms with Gasteiger partial charge in [0.15, 0.2) is 0 Å². The summed E-state index contributed by atoms with van der Waals surface area (Å²) < 4.78 is 53.5. The quantitative estimate of drug-likeness (QED) is 0.485. The first-order valence-electron chi connectivity index (χ1n) is 10.6. The number of benzene rings is 2. The van der Waals surface area contributed by atoms with E-state index < -0.39 is 10.8 Å². The largest absolute Gasteiger partial charge is 0.344 e. The maximum absolute atomic E-state index is 8.87. The summed E-state index contributed by atoms with van der Waals surface area (Å²) in [6, 6.07) is 0.293. The van der Waals surface area contributed by atoms with Gasteiger partial charge < -0.3 is 4.57 Å². The van der Waals surface area contributed by atoms with Crippen molar-refractivity contribution in [2.45, 2.75) is 52.4 Å². The second kappa shape index (κ2) is 4.62. The maximum atomic E-state index is 8.87. The first-order chi connectivity index (χ1) is 12.6. The van der Waals surface area contributed by atoms with Crippen molar-refractivity contribution >= 4 is 21.8 Å². The highest BCUT2D eigenvalue weighted by Gasteiger charge is 2.18. The van der Waals surface area contributed by atoms with Crippen molar-refractivity contribution in [3.63, 3.8) is 0 Å². The van der Waals surface area contributed by atoms with E-state index in [-0.39, 0.29) is 36.3 Å². The molecule has 1 aromatic heterocycles. The predicted molar refractivity (Wildman–Crippen MR) is 97.8 cm³/mol. The van der Waals surface area contributed by atoms with E-state index in [0.29, 0.717) is 32.9 Å². The van der Waals surface area contributed by atoms with Gasteiger partial charge in [-0.25, -0.2) is 0 Å². The lowest BCUT2D eigenvalue weighted by molar-refractivity contribution is 0.590. The summed E-state index contributed by atoms with van der Waals surface area (Å²) in [4.78, 5) is 0. The molecular weight excluding hydrogens is 266 g/mol. The second-order valence-corrected chi connectivity index (χ2v) is 8.01. The SMILES string of the molecule is [2H]c1c(C(C)(C)C)c([2H])c2c3c([2H])c(C(C)(C)C)c([2H])c([2H])c3n(C)c2c1[2H]. The second-order valence-electron chi connectivity index (χ2n) is 8.01. The van der Waals surface area contributed by atoms with Crippen LogP contribution in [0.25, 0.3) is 21.8 Å². The molecule has 0 saturated carbocycles. The fourth-order valence-corrected chi connectivity index (χ4v) is 2.53. The highest BCUT2D eigenvalue weighted by molar-refractivity contribution is 6.08. The Morgan fingerprint density at radius 2 is 1.09 bits per heavy atom. The summed E-state index contributed by atoms with van der Waals surface area (Å²) in [7, 11) is 1.69. The van der Waals surface area contributed by atoms with Gasteiger partial charge >= 0.3 is 0 Å². The molecule has 3 rings (SSSR count). The highest BCUT2D eigenvalue weighted by atomic mass is 14.9. The Labute approximate surface area is 142 Å². The zero-order valence-electron chi connectivity index (χ0n) is 20.4. The van der Waals surface area contributed by atoms with E-state index in [1.807, 2.05) is 41.5 Å². The van der Waals surface area contributed by atoms with Gasteiger partial charge in [-0.3, -0.25) is 0 Å². The third-order valence-electron chi connectivity index (χ3n) is 4.01. The van der Waals surface area contributed by atoms with Crippen molar-refractivity contribution in [3.05, 3.63) is 47.4 Å². The molecule has 1 heteroatoms. The zero-order valence-corrected chi connectivity index (χ0v) is 14.4. The van der Waals surface area contributed by atoms with Gasteiger partial charge in [-0.1, -0.05) is 53.6 Å². The van der Waals surface area contributed by atoms with Crippen molar-refractivity contribution in [1.29, 1.82) is 0 Å². The van der Waals surface area contributed by atoms with Gasteiger partial charge in [-0.15, -0.1) is 0 Å². The van der Waals surface area contributed by atoms with Crippen LogP contribution in [0.4, 0.5) is 0 Å². The Balaban J connectivity index is 2.77.